The molecule has 6 aliphatic rings. The fourth-order valence-corrected chi connectivity index (χ4v) is 8.40. The molecule has 5 heterocycles. The fourth-order valence-electron chi connectivity index (χ4n) is 8.40. The smallest absolute Gasteiger partial charge is 0.423 e. The lowest BCUT2D eigenvalue weighted by Crippen LogP contribution is -2.70. The Bertz CT molecular complexity index is 1510. The summed E-state index contributed by atoms with van der Waals surface area (Å²) in [4.78, 5) is 61.5. The van der Waals surface area contributed by atoms with Gasteiger partial charge in [-0.25, -0.2) is 9.78 Å². The number of carbonyl (C=O) groups is 3. The number of halogens is 3. The first-order valence-corrected chi connectivity index (χ1v) is 17.5. The van der Waals surface area contributed by atoms with E-state index in [0.29, 0.717) is 50.4 Å². The summed E-state index contributed by atoms with van der Waals surface area (Å²) in [6.45, 7) is 7.03. The summed E-state index contributed by atoms with van der Waals surface area (Å²) in [5, 5.41) is 13.3. The molecule has 1 spiro atoms. The van der Waals surface area contributed by atoms with Gasteiger partial charge < -0.3 is 24.3 Å². The van der Waals surface area contributed by atoms with Gasteiger partial charge in [0, 0.05) is 30.0 Å². The van der Waals surface area contributed by atoms with E-state index in [1.807, 2.05) is 18.7 Å². The molecule has 14 nitrogen and oxygen atoms in total. The highest BCUT2D eigenvalue weighted by atomic mass is 19.4. The van der Waals surface area contributed by atoms with Crippen molar-refractivity contribution >= 4 is 29.2 Å². The monoisotopic (exact) mass is 727 g/mol. The van der Waals surface area contributed by atoms with Gasteiger partial charge in [-0.15, -0.1) is 0 Å². The summed E-state index contributed by atoms with van der Waals surface area (Å²) < 4.78 is 63.5. The number of amides is 1. The summed E-state index contributed by atoms with van der Waals surface area (Å²) in [6.07, 6.45) is -2.31. The molecule has 3 unspecified atom stereocenters. The van der Waals surface area contributed by atoms with Gasteiger partial charge in [0.1, 0.15) is 5.56 Å². The first-order chi connectivity index (χ1) is 24.1. The van der Waals surface area contributed by atoms with E-state index in [0.717, 1.165) is 25.3 Å². The Morgan fingerprint density at radius 2 is 1.76 bits per heavy atom. The lowest BCUT2D eigenvalue weighted by Gasteiger charge is -2.59. The SMILES string of the molecule is C[C@H]1[C@H](OC(=O)CCC(=O)OCC2CCN(CC(=O)Nc3ccc([N+](=O)[O-])c(C(F)(F)F)c3)CC2)O[C@@H]2OC3(C)CCC4[C@H](C)CC[C@@H]1C42OO3. The third-order valence-corrected chi connectivity index (χ3v) is 11.2. The molecular formula is C34H44F3N3O11. The van der Waals surface area contributed by atoms with E-state index in [2.05, 4.69) is 12.2 Å². The summed E-state index contributed by atoms with van der Waals surface area (Å²) in [6, 6.07) is 2.30. The van der Waals surface area contributed by atoms with Gasteiger partial charge in [0.15, 0.2) is 11.9 Å². The molecule has 7 rings (SSSR count). The molecule has 2 bridgehead atoms. The van der Waals surface area contributed by atoms with Crippen LogP contribution >= 0.6 is 0 Å². The zero-order valence-corrected chi connectivity index (χ0v) is 28.8. The molecular weight excluding hydrogens is 683 g/mol. The number of anilines is 1. The zero-order valence-electron chi connectivity index (χ0n) is 28.8. The quantitative estimate of drug-likeness (QED) is 0.143. The van der Waals surface area contributed by atoms with Crippen LogP contribution in [-0.2, 0) is 49.3 Å². The topological polar surface area (TPSA) is 165 Å². The molecule has 51 heavy (non-hydrogen) atoms. The van der Waals surface area contributed by atoms with Gasteiger partial charge in [-0.2, -0.15) is 13.2 Å². The van der Waals surface area contributed by atoms with Crippen LogP contribution in [0.15, 0.2) is 18.2 Å². The second kappa shape index (κ2) is 14.6. The van der Waals surface area contributed by atoms with E-state index >= 15 is 0 Å². The standard InChI is InChI=1S/C34H44F3N3O11/c1-19-4-6-24-20(2)30(48-31-33(24)23(19)10-13-32(3,49-31)50-51-33)47-29(43)9-8-28(42)46-18-21-11-14-39(15-12-21)17-27(41)38-22-5-7-26(40(44)45)25(16-22)34(35,36)37/h5,7,16,19-21,23-24,30-31H,4,6,8-15,17-18H2,1-3H3,(H,38,41)/t19-,20-,23?,24+,30-,31-,32?,33?/m1/s1. The van der Waals surface area contributed by atoms with E-state index in [1.54, 1.807) is 0 Å². The van der Waals surface area contributed by atoms with Gasteiger partial charge in [0.25, 0.3) is 5.69 Å². The second-order valence-corrected chi connectivity index (χ2v) is 14.7. The normalized spacial score (nSPS) is 33.8. The van der Waals surface area contributed by atoms with Gasteiger partial charge in [-0.05, 0) is 82.0 Å². The van der Waals surface area contributed by atoms with Crippen molar-refractivity contribution in [2.45, 2.75) is 102 Å². The summed E-state index contributed by atoms with van der Waals surface area (Å²) in [5.41, 5.74) is -3.52. The number of likely N-dealkylation sites (tertiary alicyclic amines) is 1. The molecule has 1 aromatic rings. The van der Waals surface area contributed by atoms with Crippen molar-refractivity contribution in [3.63, 3.8) is 0 Å². The van der Waals surface area contributed by atoms with Crippen molar-refractivity contribution < 1.29 is 61.2 Å². The van der Waals surface area contributed by atoms with Crippen LogP contribution < -0.4 is 5.32 Å². The maximum absolute atomic E-state index is 13.3. The van der Waals surface area contributed by atoms with Gasteiger partial charge in [-0.1, -0.05) is 13.8 Å². The van der Waals surface area contributed by atoms with Crippen LogP contribution in [0.5, 0.6) is 0 Å². The van der Waals surface area contributed by atoms with Gasteiger partial charge in [0.2, 0.25) is 18.0 Å². The highest BCUT2D eigenvalue weighted by Gasteiger charge is 2.69. The maximum atomic E-state index is 13.3. The highest BCUT2D eigenvalue weighted by molar-refractivity contribution is 5.92. The molecule has 1 aromatic carbocycles. The minimum atomic E-state index is -4.96. The summed E-state index contributed by atoms with van der Waals surface area (Å²) >= 11 is 0. The molecule has 0 aromatic heterocycles. The van der Waals surface area contributed by atoms with Crippen LogP contribution in [0.3, 0.4) is 0 Å². The number of carbonyl (C=O) groups excluding carboxylic acids is 3. The number of alkyl halides is 3. The average molecular weight is 728 g/mol. The fraction of sp³-hybridized carbons (Fsp3) is 0.735. The number of nitro benzene ring substituents is 1. The minimum absolute atomic E-state index is 0.00908. The summed E-state index contributed by atoms with van der Waals surface area (Å²) in [7, 11) is 0. The molecule has 1 N–H and O–H groups in total. The third-order valence-electron chi connectivity index (χ3n) is 11.2. The largest absolute Gasteiger partial charge is 0.465 e. The lowest BCUT2D eigenvalue weighted by atomic mass is 9.58. The van der Waals surface area contributed by atoms with Gasteiger partial charge in [-0.3, -0.25) is 29.4 Å². The zero-order chi connectivity index (χ0) is 36.7. The number of benzene rings is 1. The van der Waals surface area contributed by atoms with Crippen LogP contribution in [0.4, 0.5) is 24.5 Å². The van der Waals surface area contributed by atoms with Crippen molar-refractivity contribution in [3.8, 4) is 0 Å². The lowest BCUT2D eigenvalue weighted by molar-refractivity contribution is -0.576. The highest BCUT2D eigenvalue weighted by Crippen LogP contribution is 2.60. The molecule has 1 saturated carbocycles. The van der Waals surface area contributed by atoms with Crippen molar-refractivity contribution in [2.75, 3.05) is 31.6 Å². The third kappa shape index (κ3) is 7.87. The second-order valence-electron chi connectivity index (χ2n) is 14.7. The first-order valence-electron chi connectivity index (χ1n) is 17.5. The number of piperidine rings is 1. The van der Waals surface area contributed by atoms with E-state index in [-0.39, 0.29) is 55.4 Å². The first kappa shape index (κ1) is 37.4. The number of nitrogens with zero attached hydrogens (tertiary/aromatic N) is 2. The molecule has 6 fully saturated rings. The van der Waals surface area contributed by atoms with Gasteiger partial charge >= 0.3 is 18.1 Å². The van der Waals surface area contributed by atoms with Crippen LogP contribution in [0, 0.1) is 39.7 Å². The van der Waals surface area contributed by atoms with E-state index < -0.39 is 64.2 Å². The molecule has 282 valence electrons. The minimum Gasteiger partial charge on any atom is -0.465 e. The van der Waals surface area contributed by atoms with Crippen LogP contribution in [0.1, 0.15) is 77.7 Å². The van der Waals surface area contributed by atoms with Crippen molar-refractivity contribution in [1.29, 1.82) is 0 Å². The molecule has 8 atom stereocenters. The van der Waals surface area contributed by atoms with Gasteiger partial charge in [0.05, 0.1) is 30.9 Å². The van der Waals surface area contributed by atoms with E-state index in [1.165, 1.54) is 0 Å². The number of nitro groups is 1. The molecule has 1 amide bonds. The van der Waals surface area contributed by atoms with Crippen molar-refractivity contribution in [2.24, 2.45) is 29.6 Å². The van der Waals surface area contributed by atoms with Crippen LogP contribution in [-0.4, -0.2) is 77.9 Å². The Labute approximate surface area is 292 Å². The van der Waals surface area contributed by atoms with E-state index in [9.17, 15) is 37.7 Å². The number of rotatable bonds is 10. The Kier molecular flexibility index (Phi) is 10.7. The predicted molar refractivity (Wildman–Crippen MR) is 169 cm³/mol. The van der Waals surface area contributed by atoms with Crippen LogP contribution in [0.25, 0.3) is 0 Å². The number of esters is 2. The maximum Gasteiger partial charge on any atom is 0.423 e. The number of fused-ring (bicyclic) bond motifs is 2. The molecule has 5 saturated heterocycles. The van der Waals surface area contributed by atoms with Crippen molar-refractivity contribution in [3.05, 3.63) is 33.9 Å². The van der Waals surface area contributed by atoms with Crippen molar-refractivity contribution in [1.82, 2.24) is 4.90 Å². The Hall–Kier alpha value is -3.38. The predicted octanol–water partition coefficient (Wildman–Crippen LogP) is 5.34. The average Bonchev–Trinajstić information content (AvgIpc) is 3.30. The summed E-state index contributed by atoms with van der Waals surface area (Å²) in [5.74, 6) is -2.24. The number of hydrogen-bond acceptors (Lipinski definition) is 12. The molecule has 0 radical (unpaired) electrons. The number of ether oxygens (including phenoxy) is 4. The Morgan fingerprint density at radius 3 is 2.47 bits per heavy atom. The van der Waals surface area contributed by atoms with Crippen LogP contribution in [0.2, 0.25) is 0 Å². The molecule has 5 aliphatic heterocycles. The molecule has 1 aliphatic carbocycles. The number of nitrogens with one attached hydrogen (secondary N) is 1. The molecule has 17 heteroatoms. The Balaban J connectivity index is 0.908. The van der Waals surface area contributed by atoms with E-state index in [4.69, 9.17) is 28.7 Å². The number of hydrogen-bond donors (Lipinski definition) is 1. The Morgan fingerprint density at radius 1 is 1.04 bits per heavy atom.